The molecule has 0 unspecified atom stereocenters. The van der Waals surface area contributed by atoms with E-state index in [1.807, 2.05) is 12.1 Å². The van der Waals surface area contributed by atoms with E-state index in [1.165, 1.54) is 7.11 Å². The Morgan fingerprint density at radius 3 is 3.00 bits per heavy atom. The summed E-state index contributed by atoms with van der Waals surface area (Å²) in [5.41, 5.74) is 3.90. The molecule has 4 heterocycles. The summed E-state index contributed by atoms with van der Waals surface area (Å²) in [6, 6.07) is 7.07. The van der Waals surface area contributed by atoms with E-state index >= 15 is 0 Å². The van der Waals surface area contributed by atoms with Gasteiger partial charge in [-0.2, -0.15) is 0 Å². The lowest BCUT2D eigenvalue weighted by atomic mass is 10.0. The minimum atomic E-state index is -0.341. The molecule has 36 heavy (non-hydrogen) atoms. The summed E-state index contributed by atoms with van der Waals surface area (Å²) in [5, 5.41) is 6.71. The minimum absolute atomic E-state index is 0.0995. The number of para-hydroxylation sites is 1. The number of hydrogen-bond acceptors (Lipinski definition) is 6. The van der Waals surface area contributed by atoms with E-state index in [1.54, 1.807) is 29.4 Å². The third kappa shape index (κ3) is 4.20. The van der Waals surface area contributed by atoms with Gasteiger partial charge in [0.25, 0.3) is 11.8 Å². The van der Waals surface area contributed by atoms with E-state index in [-0.39, 0.29) is 24.5 Å². The van der Waals surface area contributed by atoms with Crippen molar-refractivity contribution < 1.29 is 19.1 Å². The second-order valence-corrected chi connectivity index (χ2v) is 8.86. The molecule has 9 nitrogen and oxygen atoms in total. The van der Waals surface area contributed by atoms with Crippen LogP contribution in [0.3, 0.4) is 0 Å². The van der Waals surface area contributed by atoms with Crippen molar-refractivity contribution in [1.82, 2.24) is 20.2 Å². The molecule has 3 N–H and O–H groups in total. The summed E-state index contributed by atoms with van der Waals surface area (Å²) >= 11 is 6.34. The first-order valence-corrected chi connectivity index (χ1v) is 11.9. The lowest BCUT2D eigenvalue weighted by Gasteiger charge is -2.39. The molecule has 1 fully saturated rings. The number of aromatic nitrogens is 2. The van der Waals surface area contributed by atoms with Gasteiger partial charge in [-0.05, 0) is 30.5 Å². The standard InChI is InChI=1S/C26H24ClN5O4/c1-3-21(33)32-12-9-15(32)14-36-20-13-28-10-7-16(20)23-24(22-18(30-23)8-11-29-26(22)34)31-19-6-4-5-17(27)25(19)35-2/h1,4-7,10,13,15,30-31H,8-9,11-12,14H2,2H3,(H,29,34)/t15-/m1/s1. The summed E-state index contributed by atoms with van der Waals surface area (Å²) < 4.78 is 11.6. The molecule has 0 aliphatic carbocycles. The number of carbonyl (C=O) groups excluding carboxylic acids is 2. The van der Waals surface area contributed by atoms with Gasteiger partial charge in [0.2, 0.25) is 0 Å². The van der Waals surface area contributed by atoms with Gasteiger partial charge >= 0.3 is 0 Å². The van der Waals surface area contributed by atoms with Gasteiger partial charge in [-0.1, -0.05) is 17.7 Å². The Morgan fingerprint density at radius 1 is 1.39 bits per heavy atom. The van der Waals surface area contributed by atoms with Crippen LogP contribution in [0.1, 0.15) is 22.5 Å². The predicted octanol–water partition coefficient (Wildman–Crippen LogP) is 3.38. The van der Waals surface area contributed by atoms with Crippen LogP contribution < -0.4 is 20.1 Å². The zero-order chi connectivity index (χ0) is 25.2. The first kappa shape index (κ1) is 23.6. The molecular weight excluding hydrogens is 482 g/mol. The summed E-state index contributed by atoms with van der Waals surface area (Å²) in [5.74, 6) is 2.61. The molecule has 2 amide bonds. The quantitative estimate of drug-likeness (QED) is 0.425. The maximum absolute atomic E-state index is 12.9. The first-order valence-electron chi connectivity index (χ1n) is 11.5. The highest BCUT2D eigenvalue weighted by atomic mass is 35.5. The second kappa shape index (κ2) is 9.84. The third-order valence-electron chi connectivity index (χ3n) is 6.41. The van der Waals surface area contributed by atoms with E-state index in [0.717, 1.165) is 12.1 Å². The van der Waals surface area contributed by atoms with Gasteiger partial charge in [0.1, 0.15) is 12.4 Å². The van der Waals surface area contributed by atoms with Crippen LogP contribution in [0.2, 0.25) is 5.02 Å². The monoisotopic (exact) mass is 505 g/mol. The summed E-state index contributed by atoms with van der Waals surface area (Å²) in [4.78, 5) is 34.1. The molecule has 2 aromatic heterocycles. The highest BCUT2D eigenvalue weighted by molar-refractivity contribution is 6.32. The fourth-order valence-corrected chi connectivity index (χ4v) is 4.76. The van der Waals surface area contributed by atoms with Crippen LogP contribution in [0, 0.1) is 12.3 Å². The number of likely N-dealkylation sites (tertiary alicyclic amines) is 1. The van der Waals surface area contributed by atoms with Gasteiger partial charge < -0.3 is 30.0 Å². The largest absolute Gasteiger partial charge is 0.493 e. The van der Waals surface area contributed by atoms with Crippen molar-refractivity contribution in [3.05, 3.63) is 52.9 Å². The van der Waals surface area contributed by atoms with Crippen molar-refractivity contribution >= 4 is 34.8 Å². The number of rotatable bonds is 7. The van der Waals surface area contributed by atoms with Gasteiger partial charge in [-0.3, -0.25) is 14.6 Å². The second-order valence-electron chi connectivity index (χ2n) is 8.45. The Balaban J connectivity index is 1.53. The summed E-state index contributed by atoms with van der Waals surface area (Å²) in [7, 11) is 1.54. The van der Waals surface area contributed by atoms with E-state index in [9.17, 15) is 9.59 Å². The third-order valence-corrected chi connectivity index (χ3v) is 6.71. The molecule has 1 atom stereocenters. The Bertz CT molecular complexity index is 1380. The molecular formula is C26H24ClN5O4. The molecule has 10 heteroatoms. The average Bonchev–Trinajstić information content (AvgIpc) is 3.23. The van der Waals surface area contributed by atoms with Crippen LogP contribution in [0.5, 0.6) is 11.5 Å². The van der Waals surface area contributed by atoms with Gasteiger partial charge in [0.05, 0.1) is 47.0 Å². The number of fused-ring (bicyclic) bond motifs is 1. The Hall–Kier alpha value is -4.16. The number of H-pyrrole nitrogens is 1. The van der Waals surface area contributed by atoms with Crippen LogP contribution >= 0.6 is 11.6 Å². The summed E-state index contributed by atoms with van der Waals surface area (Å²) in [6.45, 7) is 1.43. The van der Waals surface area contributed by atoms with E-state index in [2.05, 4.69) is 26.5 Å². The van der Waals surface area contributed by atoms with Crippen LogP contribution in [0.25, 0.3) is 11.3 Å². The normalized spacial score (nSPS) is 16.3. The lowest BCUT2D eigenvalue weighted by Crippen LogP contribution is -2.53. The van der Waals surface area contributed by atoms with Crippen LogP contribution in [0.4, 0.5) is 11.4 Å². The number of anilines is 2. The van der Waals surface area contributed by atoms with Gasteiger partial charge in [-0.15, -0.1) is 6.42 Å². The van der Waals surface area contributed by atoms with Crippen molar-refractivity contribution in [3.8, 4) is 35.1 Å². The number of nitrogens with zero attached hydrogens (tertiary/aromatic N) is 2. The Kier molecular flexibility index (Phi) is 6.44. The number of halogens is 1. The maximum atomic E-state index is 12.9. The van der Waals surface area contributed by atoms with Gasteiger partial charge in [-0.25, -0.2) is 0 Å². The highest BCUT2D eigenvalue weighted by Gasteiger charge is 2.33. The van der Waals surface area contributed by atoms with Crippen LogP contribution in [0.15, 0.2) is 36.7 Å². The zero-order valence-corrected chi connectivity index (χ0v) is 20.3. The fourth-order valence-electron chi connectivity index (χ4n) is 4.51. The molecule has 3 aromatic rings. The molecule has 0 bridgehead atoms. The molecule has 0 spiro atoms. The smallest absolute Gasteiger partial charge is 0.298 e. The SMILES string of the molecule is C#CC(=O)N1CC[C@@H]1COc1cnccc1-c1[nH]c2c(c1Nc1cccc(Cl)c1OC)C(=O)NCC2. The number of carbonyl (C=O) groups is 2. The van der Waals surface area contributed by atoms with Gasteiger partial charge in [0, 0.05) is 37.0 Å². The first-order chi connectivity index (χ1) is 17.5. The van der Waals surface area contributed by atoms with E-state index in [0.29, 0.717) is 64.2 Å². The number of pyridine rings is 1. The van der Waals surface area contributed by atoms with Crippen LogP contribution in [-0.2, 0) is 11.2 Å². The number of terminal acetylenes is 1. The van der Waals surface area contributed by atoms with Crippen LogP contribution in [-0.4, -0.2) is 59.5 Å². The predicted molar refractivity (Wildman–Crippen MR) is 136 cm³/mol. The van der Waals surface area contributed by atoms with Crippen molar-refractivity contribution in [2.75, 3.05) is 32.1 Å². The Labute approximate surface area is 213 Å². The Morgan fingerprint density at radius 2 is 2.25 bits per heavy atom. The molecule has 2 aliphatic heterocycles. The number of aromatic amines is 1. The van der Waals surface area contributed by atoms with E-state index < -0.39 is 0 Å². The molecule has 2 aliphatic rings. The number of methoxy groups -OCH3 is 1. The number of benzene rings is 1. The number of amides is 2. The maximum Gasteiger partial charge on any atom is 0.298 e. The van der Waals surface area contributed by atoms with Crippen molar-refractivity contribution in [3.63, 3.8) is 0 Å². The fraction of sp³-hybridized carbons (Fsp3) is 0.269. The van der Waals surface area contributed by atoms with Crippen molar-refractivity contribution in [2.45, 2.75) is 18.9 Å². The highest BCUT2D eigenvalue weighted by Crippen LogP contribution is 2.43. The zero-order valence-electron chi connectivity index (χ0n) is 19.6. The molecule has 1 aromatic carbocycles. The topological polar surface area (TPSA) is 109 Å². The molecule has 1 saturated heterocycles. The number of nitrogens with one attached hydrogen (secondary N) is 3. The van der Waals surface area contributed by atoms with Crippen molar-refractivity contribution in [1.29, 1.82) is 0 Å². The number of ether oxygens (including phenoxy) is 2. The summed E-state index contributed by atoms with van der Waals surface area (Å²) in [6.07, 6.45) is 9.99. The molecule has 184 valence electrons. The van der Waals surface area contributed by atoms with E-state index in [4.69, 9.17) is 27.5 Å². The number of hydrogen-bond donors (Lipinski definition) is 3. The van der Waals surface area contributed by atoms with Crippen molar-refractivity contribution in [2.24, 2.45) is 0 Å². The minimum Gasteiger partial charge on any atom is -0.493 e. The van der Waals surface area contributed by atoms with Gasteiger partial charge in [0.15, 0.2) is 5.75 Å². The lowest BCUT2D eigenvalue weighted by molar-refractivity contribution is -0.133. The molecule has 0 saturated carbocycles. The molecule has 5 rings (SSSR count). The molecule has 0 radical (unpaired) electrons. The average molecular weight is 506 g/mol.